The third-order valence-electron chi connectivity index (χ3n) is 3.63. The number of hydrogen-bond acceptors (Lipinski definition) is 4. The highest BCUT2D eigenvalue weighted by Crippen LogP contribution is 2.25. The zero-order valence-electron chi connectivity index (χ0n) is 14.3. The number of rotatable bonds is 9. The Morgan fingerprint density at radius 2 is 1.58 bits per heavy atom. The van der Waals surface area contributed by atoms with E-state index in [9.17, 15) is 4.79 Å². The van der Waals surface area contributed by atoms with Gasteiger partial charge in [-0.1, -0.05) is 26.2 Å². The van der Waals surface area contributed by atoms with Crippen LogP contribution in [0.1, 0.15) is 43.0 Å². The predicted molar refractivity (Wildman–Crippen MR) is 99.3 cm³/mol. The number of ether oxygens (including phenoxy) is 2. The van der Waals surface area contributed by atoms with Gasteiger partial charge >= 0.3 is 0 Å². The number of methoxy groups -OCH3 is 1. The normalized spacial score (nSPS) is 10.4. The molecule has 4 heteroatoms. The van der Waals surface area contributed by atoms with Gasteiger partial charge in [-0.05, 0) is 66.7 Å². The van der Waals surface area contributed by atoms with Crippen LogP contribution in [0.4, 0.5) is 0 Å². The summed E-state index contributed by atoms with van der Waals surface area (Å²) in [7, 11) is 1.63. The average Bonchev–Trinajstić information content (AvgIpc) is 2.62. The minimum absolute atomic E-state index is 0.0228. The molecular weight excluding hydrogens is 320 g/mol. The van der Waals surface area contributed by atoms with Crippen LogP contribution in [0.3, 0.4) is 0 Å². The van der Waals surface area contributed by atoms with Crippen LogP contribution in [-0.4, -0.2) is 18.8 Å². The first-order chi connectivity index (χ1) is 11.7. The smallest absolute Gasteiger partial charge is 0.224 e. The Kier molecular flexibility index (Phi) is 7.69. The Bertz CT molecular complexity index is 620. The molecule has 2 aromatic carbocycles. The average molecular weight is 344 g/mol. The Balaban J connectivity index is 1.83. The van der Waals surface area contributed by atoms with Crippen molar-refractivity contribution in [2.75, 3.05) is 13.7 Å². The van der Waals surface area contributed by atoms with E-state index in [0.717, 1.165) is 29.4 Å². The lowest BCUT2D eigenvalue weighted by atomic mass is 10.2. The Labute approximate surface area is 148 Å². The number of thioether (sulfide) groups is 1. The minimum Gasteiger partial charge on any atom is -0.497 e. The van der Waals surface area contributed by atoms with E-state index in [-0.39, 0.29) is 5.12 Å². The molecule has 0 aliphatic heterocycles. The zero-order valence-corrected chi connectivity index (χ0v) is 15.1. The van der Waals surface area contributed by atoms with Gasteiger partial charge in [-0.25, -0.2) is 0 Å². The lowest BCUT2D eigenvalue weighted by Gasteiger charge is -2.07. The maximum atomic E-state index is 12.3. The van der Waals surface area contributed by atoms with Crippen molar-refractivity contribution < 1.29 is 14.3 Å². The molecule has 0 aliphatic rings. The third-order valence-corrected chi connectivity index (χ3v) is 4.56. The van der Waals surface area contributed by atoms with E-state index in [2.05, 4.69) is 6.92 Å². The summed E-state index contributed by atoms with van der Waals surface area (Å²) in [6, 6.07) is 14.8. The molecule has 0 aromatic heterocycles. The molecule has 2 aromatic rings. The Morgan fingerprint density at radius 3 is 2.21 bits per heavy atom. The number of carbonyl (C=O) groups excluding carboxylic acids is 1. The first-order valence-corrected chi connectivity index (χ1v) is 9.13. The standard InChI is InChI=1S/C20H24O3S/c1-3-4-5-6-15-23-18-9-7-16(8-10-18)20(21)24-19-13-11-17(22-2)12-14-19/h7-14H,3-6,15H2,1-2H3. The van der Waals surface area contributed by atoms with Crippen molar-refractivity contribution in [3.8, 4) is 11.5 Å². The summed E-state index contributed by atoms with van der Waals surface area (Å²) >= 11 is 1.21. The van der Waals surface area contributed by atoms with Crippen molar-refractivity contribution >= 4 is 16.9 Å². The van der Waals surface area contributed by atoms with E-state index in [1.54, 1.807) is 7.11 Å². The van der Waals surface area contributed by atoms with E-state index in [1.807, 2.05) is 48.5 Å². The molecule has 2 rings (SSSR count). The lowest BCUT2D eigenvalue weighted by Crippen LogP contribution is -1.98. The molecular formula is C20H24O3S. The Morgan fingerprint density at radius 1 is 0.917 bits per heavy atom. The lowest BCUT2D eigenvalue weighted by molar-refractivity contribution is 0.108. The first kappa shape index (κ1) is 18.4. The maximum absolute atomic E-state index is 12.3. The molecule has 0 radical (unpaired) electrons. The first-order valence-electron chi connectivity index (χ1n) is 8.32. The van der Waals surface area contributed by atoms with E-state index in [4.69, 9.17) is 9.47 Å². The summed E-state index contributed by atoms with van der Waals surface area (Å²) in [5.41, 5.74) is 0.675. The summed E-state index contributed by atoms with van der Waals surface area (Å²) in [4.78, 5) is 13.2. The van der Waals surface area contributed by atoms with Crippen LogP contribution in [0, 0.1) is 0 Å². The van der Waals surface area contributed by atoms with Gasteiger partial charge in [-0.15, -0.1) is 0 Å². The van der Waals surface area contributed by atoms with Crippen molar-refractivity contribution in [1.29, 1.82) is 0 Å². The second-order valence-corrected chi connectivity index (χ2v) is 6.54. The second-order valence-electron chi connectivity index (χ2n) is 5.50. The molecule has 0 fully saturated rings. The molecule has 0 saturated carbocycles. The molecule has 24 heavy (non-hydrogen) atoms. The zero-order chi connectivity index (χ0) is 17.2. The van der Waals surface area contributed by atoms with Crippen molar-refractivity contribution in [3.05, 3.63) is 54.1 Å². The van der Waals surface area contributed by atoms with Crippen LogP contribution >= 0.6 is 11.8 Å². The summed E-state index contributed by atoms with van der Waals surface area (Å²) in [5.74, 6) is 1.60. The number of benzene rings is 2. The van der Waals surface area contributed by atoms with Gasteiger partial charge in [0.15, 0.2) is 0 Å². The van der Waals surface area contributed by atoms with Crippen molar-refractivity contribution in [1.82, 2.24) is 0 Å². The van der Waals surface area contributed by atoms with E-state index in [0.29, 0.717) is 5.56 Å². The predicted octanol–water partition coefficient (Wildman–Crippen LogP) is 5.59. The molecule has 0 N–H and O–H groups in total. The van der Waals surface area contributed by atoms with E-state index >= 15 is 0 Å². The fourth-order valence-electron chi connectivity index (χ4n) is 2.22. The summed E-state index contributed by atoms with van der Waals surface area (Å²) in [6.07, 6.45) is 4.75. The molecule has 0 saturated heterocycles. The number of hydrogen-bond donors (Lipinski definition) is 0. The third kappa shape index (κ3) is 5.93. The monoisotopic (exact) mass is 344 g/mol. The molecule has 0 spiro atoms. The van der Waals surface area contributed by atoms with Crippen LogP contribution in [-0.2, 0) is 0 Å². The van der Waals surface area contributed by atoms with Crippen LogP contribution in [0.5, 0.6) is 11.5 Å². The number of unbranched alkanes of at least 4 members (excludes halogenated alkanes) is 3. The van der Waals surface area contributed by atoms with Crippen LogP contribution in [0.25, 0.3) is 0 Å². The van der Waals surface area contributed by atoms with Crippen molar-refractivity contribution in [2.45, 2.75) is 37.5 Å². The van der Waals surface area contributed by atoms with Gasteiger partial charge in [0.25, 0.3) is 0 Å². The largest absolute Gasteiger partial charge is 0.497 e. The fraction of sp³-hybridized carbons (Fsp3) is 0.350. The summed E-state index contributed by atoms with van der Waals surface area (Å²) in [6.45, 7) is 2.93. The number of carbonyl (C=O) groups is 1. The van der Waals surface area contributed by atoms with Crippen molar-refractivity contribution in [3.63, 3.8) is 0 Å². The van der Waals surface area contributed by atoms with Gasteiger partial charge in [0.2, 0.25) is 5.12 Å². The van der Waals surface area contributed by atoms with Crippen LogP contribution in [0.2, 0.25) is 0 Å². The molecule has 0 aliphatic carbocycles. The van der Waals surface area contributed by atoms with Gasteiger partial charge in [0.05, 0.1) is 13.7 Å². The molecule has 128 valence electrons. The Hall–Kier alpha value is -1.94. The molecule has 0 bridgehead atoms. The minimum atomic E-state index is 0.0228. The van der Waals surface area contributed by atoms with Gasteiger partial charge in [0, 0.05) is 10.5 Å². The molecule has 0 unspecified atom stereocenters. The van der Waals surface area contributed by atoms with Crippen molar-refractivity contribution in [2.24, 2.45) is 0 Å². The highest BCUT2D eigenvalue weighted by atomic mass is 32.2. The second kappa shape index (κ2) is 10.0. The molecule has 0 heterocycles. The molecule has 3 nitrogen and oxygen atoms in total. The molecule has 0 atom stereocenters. The van der Waals surface area contributed by atoms with Gasteiger partial charge in [-0.2, -0.15) is 0 Å². The molecule has 0 amide bonds. The quantitative estimate of drug-likeness (QED) is 0.439. The van der Waals surface area contributed by atoms with Gasteiger partial charge < -0.3 is 9.47 Å². The summed E-state index contributed by atoms with van der Waals surface area (Å²) in [5, 5.41) is 0.0228. The SMILES string of the molecule is CCCCCCOc1ccc(C(=O)Sc2ccc(OC)cc2)cc1. The van der Waals surface area contributed by atoms with Gasteiger partial charge in [0.1, 0.15) is 11.5 Å². The highest BCUT2D eigenvalue weighted by molar-refractivity contribution is 8.14. The topological polar surface area (TPSA) is 35.5 Å². The van der Waals surface area contributed by atoms with Gasteiger partial charge in [-0.3, -0.25) is 4.79 Å². The maximum Gasteiger partial charge on any atom is 0.224 e. The van der Waals surface area contributed by atoms with E-state index < -0.39 is 0 Å². The summed E-state index contributed by atoms with van der Waals surface area (Å²) < 4.78 is 10.8. The highest BCUT2D eigenvalue weighted by Gasteiger charge is 2.08. The van der Waals surface area contributed by atoms with Crippen LogP contribution < -0.4 is 9.47 Å². The van der Waals surface area contributed by atoms with E-state index in [1.165, 1.54) is 31.0 Å². The van der Waals surface area contributed by atoms with Crippen LogP contribution in [0.15, 0.2) is 53.4 Å². The fourth-order valence-corrected chi connectivity index (χ4v) is 2.96.